The number of piperidine rings is 1. The van der Waals surface area contributed by atoms with Crippen molar-refractivity contribution in [3.63, 3.8) is 0 Å². The van der Waals surface area contributed by atoms with Crippen molar-refractivity contribution in [1.29, 1.82) is 0 Å². The van der Waals surface area contributed by atoms with Gasteiger partial charge in [0.2, 0.25) is 5.43 Å². The van der Waals surface area contributed by atoms with Gasteiger partial charge in [0.15, 0.2) is 0 Å². The van der Waals surface area contributed by atoms with Gasteiger partial charge in [-0.25, -0.2) is 4.39 Å². The van der Waals surface area contributed by atoms with Crippen LogP contribution >= 0.6 is 0 Å². The second kappa shape index (κ2) is 5.55. The Bertz CT molecular complexity index is 789. The minimum Gasteiger partial charge on any atom is -0.350 e. The van der Waals surface area contributed by atoms with Crippen molar-refractivity contribution < 1.29 is 9.18 Å². The number of likely N-dealkylation sites (tertiary alicyclic amines) is 1. The van der Waals surface area contributed by atoms with Gasteiger partial charge in [-0.15, -0.1) is 0 Å². The molecule has 1 fully saturated rings. The number of benzene rings is 1. The summed E-state index contributed by atoms with van der Waals surface area (Å²) in [6.45, 7) is 3.51. The molecule has 5 heteroatoms. The number of hydrogen-bond donors (Lipinski definition) is 0. The fourth-order valence-electron chi connectivity index (χ4n) is 3.00. The molecular formula is C17H19FN2O2. The Morgan fingerprint density at radius 2 is 1.95 bits per heavy atom. The Labute approximate surface area is 128 Å². The average Bonchev–Trinajstić information content (AvgIpc) is 2.51. The van der Waals surface area contributed by atoms with Crippen molar-refractivity contribution in [1.82, 2.24) is 9.47 Å². The average molecular weight is 302 g/mol. The van der Waals surface area contributed by atoms with Crippen molar-refractivity contribution in [3.8, 4) is 0 Å². The zero-order valence-corrected chi connectivity index (χ0v) is 12.8. The Kier molecular flexibility index (Phi) is 3.72. The van der Waals surface area contributed by atoms with Crippen molar-refractivity contribution >= 4 is 16.8 Å². The number of rotatable bonds is 1. The first kappa shape index (κ1) is 14.8. The molecule has 0 spiro atoms. The summed E-state index contributed by atoms with van der Waals surface area (Å²) in [5.41, 5.74) is 0.349. The van der Waals surface area contributed by atoms with E-state index in [0.29, 0.717) is 24.5 Å². The molecule has 1 saturated heterocycles. The SMILES string of the molecule is CC1CCN(C(=O)c2cn(C)c3ccc(F)cc3c2=O)CC1. The van der Waals surface area contributed by atoms with Crippen LogP contribution in [0.15, 0.2) is 29.2 Å². The highest BCUT2D eigenvalue weighted by atomic mass is 19.1. The summed E-state index contributed by atoms with van der Waals surface area (Å²) in [6.07, 6.45) is 3.46. The second-order valence-electron chi connectivity index (χ2n) is 6.12. The lowest BCUT2D eigenvalue weighted by molar-refractivity contribution is 0.0695. The molecule has 3 rings (SSSR count). The molecule has 0 bridgehead atoms. The van der Waals surface area contributed by atoms with E-state index in [4.69, 9.17) is 0 Å². The summed E-state index contributed by atoms with van der Waals surface area (Å²) in [7, 11) is 1.76. The van der Waals surface area contributed by atoms with Crippen LogP contribution in [-0.4, -0.2) is 28.5 Å². The van der Waals surface area contributed by atoms with Gasteiger partial charge in [-0.1, -0.05) is 6.92 Å². The maximum Gasteiger partial charge on any atom is 0.259 e. The fraction of sp³-hybridized carbons (Fsp3) is 0.412. The third-order valence-corrected chi connectivity index (χ3v) is 4.45. The molecule has 22 heavy (non-hydrogen) atoms. The van der Waals surface area contributed by atoms with Gasteiger partial charge in [0.05, 0.1) is 5.52 Å². The van der Waals surface area contributed by atoms with Crippen molar-refractivity contribution in [3.05, 3.63) is 46.0 Å². The van der Waals surface area contributed by atoms with E-state index >= 15 is 0 Å². The quantitative estimate of drug-likeness (QED) is 0.812. The summed E-state index contributed by atoms with van der Waals surface area (Å²) in [5, 5.41) is 0.249. The minimum absolute atomic E-state index is 0.121. The Morgan fingerprint density at radius 3 is 2.64 bits per heavy atom. The molecule has 1 aliphatic heterocycles. The maximum absolute atomic E-state index is 13.4. The molecule has 0 aliphatic carbocycles. The van der Waals surface area contributed by atoms with Crippen LogP contribution in [-0.2, 0) is 7.05 Å². The predicted molar refractivity (Wildman–Crippen MR) is 83.4 cm³/mol. The van der Waals surface area contributed by atoms with E-state index in [1.165, 1.54) is 12.1 Å². The van der Waals surface area contributed by atoms with Crippen LogP contribution in [0.25, 0.3) is 10.9 Å². The van der Waals surface area contributed by atoms with Gasteiger partial charge in [0, 0.05) is 31.7 Å². The van der Waals surface area contributed by atoms with Crippen LogP contribution in [0.1, 0.15) is 30.1 Å². The normalized spacial score (nSPS) is 16.2. The molecule has 1 aromatic carbocycles. The maximum atomic E-state index is 13.4. The number of fused-ring (bicyclic) bond motifs is 1. The zero-order chi connectivity index (χ0) is 15.9. The molecule has 0 unspecified atom stereocenters. The molecule has 2 heterocycles. The lowest BCUT2D eigenvalue weighted by Crippen LogP contribution is -2.40. The van der Waals surface area contributed by atoms with Gasteiger partial charge in [-0.2, -0.15) is 0 Å². The Morgan fingerprint density at radius 1 is 1.27 bits per heavy atom. The van der Waals surface area contributed by atoms with Gasteiger partial charge in [0.1, 0.15) is 11.4 Å². The molecular weight excluding hydrogens is 283 g/mol. The van der Waals surface area contributed by atoms with Gasteiger partial charge in [0.25, 0.3) is 5.91 Å². The highest BCUT2D eigenvalue weighted by Crippen LogP contribution is 2.19. The van der Waals surface area contributed by atoms with Crippen molar-refractivity contribution in [2.24, 2.45) is 13.0 Å². The molecule has 0 atom stereocenters. The molecule has 1 aliphatic rings. The summed E-state index contributed by atoms with van der Waals surface area (Å²) < 4.78 is 15.1. The molecule has 2 aromatic rings. The van der Waals surface area contributed by atoms with Crippen LogP contribution in [0, 0.1) is 11.7 Å². The largest absolute Gasteiger partial charge is 0.350 e. The summed E-state index contributed by atoms with van der Waals surface area (Å²) >= 11 is 0. The number of halogens is 1. The first-order valence-electron chi connectivity index (χ1n) is 7.55. The van der Waals surface area contributed by atoms with E-state index in [2.05, 4.69) is 6.92 Å². The van der Waals surface area contributed by atoms with Crippen LogP contribution < -0.4 is 5.43 Å². The van der Waals surface area contributed by atoms with Gasteiger partial charge in [-0.3, -0.25) is 9.59 Å². The minimum atomic E-state index is -0.471. The highest BCUT2D eigenvalue weighted by molar-refractivity contribution is 5.97. The molecule has 4 nitrogen and oxygen atoms in total. The molecule has 116 valence electrons. The Balaban J connectivity index is 2.05. The van der Waals surface area contributed by atoms with Crippen LogP contribution in [0.3, 0.4) is 0 Å². The molecule has 0 saturated carbocycles. The third-order valence-electron chi connectivity index (χ3n) is 4.45. The van der Waals surface area contributed by atoms with Crippen molar-refractivity contribution in [2.75, 3.05) is 13.1 Å². The van der Waals surface area contributed by atoms with Crippen LogP contribution in [0.5, 0.6) is 0 Å². The molecule has 1 aromatic heterocycles. The van der Waals surface area contributed by atoms with E-state index in [1.807, 2.05) is 0 Å². The molecule has 0 N–H and O–H groups in total. The topological polar surface area (TPSA) is 42.3 Å². The number of aryl methyl sites for hydroxylation is 1. The smallest absolute Gasteiger partial charge is 0.259 e. The molecule has 1 amide bonds. The number of pyridine rings is 1. The van der Waals surface area contributed by atoms with E-state index in [0.717, 1.165) is 12.8 Å². The standard InChI is InChI=1S/C17H19FN2O2/c1-11-5-7-20(8-6-11)17(22)14-10-19(2)15-4-3-12(18)9-13(15)16(14)21/h3-4,9-11H,5-8H2,1-2H3. The van der Waals surface area contributed by atoms with Crippen LogP contribution in [0.4, 0.5) is 4.39 Å². The number of hydrogen-bond acceptors (Lipinski definition) is 2. The van der Waals surface area contributed by atoms with E-state index in [9.17, 15) is 14.0 Å². The first-order chi connectivity index (χ1) is 10.5. The third kappa shape index (κ3) is 2.51. The summed E-state index contributed by atoms with van der Waals surface area (Å²) in [5.74, 6) is -0.114. The number of carbonyl (C=O) groups is 1. The number of amides is 1. The predicted octanol–water partition coefficient (Wildman–Crippen LogP) is 2.55. The molecule has 0 radical (unpaired) electrons. The lowest BCUT2D eigenvalue weighted by Gasteiger charge is -2.30. The van der Waals surface area contributed by atoms with E-state index in [-0.39, 0.29) is 16.9 Å². The van der Waals surface area contributed by atoms with E-state index in [1.54, 1.807) is 28.8 Å². The second-order valence-corrected chi connectivity index (χ2v) is 6.12. The number of aromatic nitrogens is 1. The Hall–Kier alpha value is -2.17. The number of carbonyl (C=O) groups excluding carboxylic acids is 1. The van der Waals surface area contributed by atoms with Gasteiger partial charge < -0.3 is 9.47 Å². The number of nitrogens with zero attached hydrogens (tertiary/aromatic N) is 2. The monoisotopic (exact) mass is 302 g/mol. The summed E-state index contributed by atoms with van der Waals surface area (Å²) in [4.78, 5) is 26.9. The zero-order valence-electron chi connectivity index (χ0n) is 12.8. The fourth-order valence-corrected chi connectivity index (χ4v) is 3.00. The van der Waals surface area contributed by atoms with Crippen molar-refractivity contribution in [2.45, 2.75) is 19.8 Å². The van der Waals surface area contributed by atoms with Gasteiger partial charge >= 0.3 is 0 Å². The van der Waals surface area contributed by atoms with Crippen LogP contribution in [0.2, 0.25) is 0 Å². The highest BCUT2D eigenvalue weighted by Gasteiger charge is 2.24. The van der Waals surface area contributed by atoms with E-state index < -0.39 is 11.2 Å². The lowest BCUT2D eigenvalue weighted by atomic mass is 9.98. The van der Waals surface area contributed by atoms with Gasteiger partial charge in [-0.05, 0) is 37.0 Å². The first-order valence-corrected chi connectivity index (χ1v) is 7.55. The summed E-state index contributed by atoms with van der Waals surface area (Å²) in [6, 6.07) is 4.07.